The highest BCUT2D eigenvalue weighted by molar-refractivity contribution is 9.11. The normalized spacial score (nSPS) is 13.8. The number of anilines is 1. The van der Waals surface area contributed by atoms with E-state index < -0.39 is 5.97 Å². The van der Waals surface area contributed by atoms with Crippen LogP contribution in [0.3, 0.4) is 0 Å². The van der Waals surface area contributed by atoms with Gasteiger partial charge in [0.1, 0.15) is 11.4 Å². The van der Waals surface area contributed by atoms with Gasteiger partial charge in [-0.25, -0.2) is 9.78 Å². The maximum atomic E-state index is 11.2. The van der Waals surface area contributed by atoms with E-state index in [-0.39, 0.29) is 5.56 Å². The molecule has 0 aromatic carbocycles. The van der Waals surface area contributed by atoms with Crippen molar-refractivity contribution in [1.82, 2.24) is 4.98 Å². The quantitative estimate of drug-likeness (QED) is 0.897. The highest BCUT2D eigenvalue weighted by atomic mass is 79.9. The zero-order chi connectivity index (χ0) is 13.1. The van der Waals surface area contributed by atoms with Gasteiger partial charge in [0, 0.05) is 16.7 Å². The van der Waals surface area contributed by atoms with Crippen LogP contribution in [0.15, 0.2) is 17.1 Å². The molecule has 96 valence electrons. The Bertz CT molecular complexity index is 500. The molecule has 1 aliphatic rings. The van der Waals surface area contributed by atoms with E-state index in [1.54, 1.807) is 6.07 Å². The number of aryl methyl sites for hydroxylation is 2. The van der Waals surface area contributed by atoms with Crippen molar-refractivity contribution in [3.63, 3.8) is 0 Å². The lowest BCUT2D eigenvalue weighted by Gasteiger charge is -2.18. The maximum Gasteiger partial charge on any atom is 0.339 e. The van der Waals surface area contributed by atoms with Gasteiger partial charge in [-0.15, -0.1) is 0 Å². The average molecular weight is 311 g/mol. The lowest BCUT2D eigenvalue weighted by atomic mass is 9.95. The van der Waals surface area contributed by atoms with Crippen LogP contribution in [0.4, 0.5) is 5.82 Å². The number of hydrogen-bond donors (Lipinski definition) is 2. The van der Waals surface area contributed by atoms with E-state index in [4.69, 9.17) is 0 Å². The van der Waals surface area contributed by atoms with E-state index in [1.165, 1.54) is 0 Å². The summed E-state index contributed by atoms with van der Waals surface area (Å²) in [6.45, 7) is 4.18. The van der Waals surface area contributed by atoms with Gasteiger partial charge in [0.05, 0.1) is 0 Å². The minimum Gasteiger partial charge on any atom is -0.478 e. The van der Waals surface area contributed by atoms with Crippen LogP contribution in [0, 0.1) is 0 Å². The number of aromatic carboxylic acids is 1. The Morgan fingerprint density at radius 3 is 2.89 bits per heavy atom. The molecule has 0 saturated heterocycles. The Kier molecular flexibility index (Phi) is 4.01. The fourth-order valence-electron chi connectivity index (χ4n) is 2.11. The minimum absolute atomic E-state index is 0.240. The third-order valence-electron chi connectivity index (χ3n) is 2.98. The predicted molar refractivity (Wildman–Crippen MR) is 74.4 cm³/mol. The Labute approximate surface area is 114 Å². The van der Waals surface area contributed by atoms with E-state index in [0.29, 0.717) is 12.4 Å². The summed E-state index contributed by atoms with van der Waals surface area (Å²) in [4.78, 5) is 15.7. The smallest absolute Gasteiger partial charge is 0.339 e. The number of rotatable bonds is 4. The van der Waals surface area contributed by atoms with Crippen molar-refractivity contribution >= 4 is 27.7 Å². The number of aromatic nitrogens is 1. The maximum absolute atomic E-state index is 11.2. The molecule has 0 bridgehead atoms. The molecule has 0 spiro atoms. The van der Waals surface area contributed by atoms with Crippen LogP contribution in [0.2, 0.25) is 0 Å². The molecule has 0 saturated carbocycles. The molecule has 1 heterocycles. The van der Waals surface area contributed by atoms with Crippen LogP contribution < -0.4 is 5.32 Å². The van der Waals surface area contributed by atoms with Gasteiger partial charge >= 0.3 is 5.97 Å². The second kappa shape index (κ2) is 5.52. The first-order chi connectivity index (χ1) is 8.58. The molecule has 1 aromatic rings. The van der Waals surface area contributed by atoms with Crippen molar-refractivity contribution in [2.24, 2.45) is 0 Å². The van der Waals surface area contributed by atoms with E-state index in [9.17, 15) is 9.90 Å². The van der Waals surface area contributed by atoms with Crippen LogP contribution in [-0.4, -0.2) is 22.6 Å². The Balaban J connectivity index is 2.35. The lowest BCUT2D eigenvalue weighted by molar-refractivity contribution is 0.0697. The first kappa shape index (κ1) is 13.1. The molecule has 1 aliphatic carbocycles. The molecular formula is C13H15BrN2O2. The molecule has 0 fully saturated rings. The van der Waals surface area contributed by atoms with E-state index in [1.807, 2.05) is 0 Å². The van der Waals surface area contributed by atoms with Gasteiger partial charge in [-0.1, -0.05) is 22.5 Å². The van der Waals surface area contributed by atoms with E-state index in [0.717, 1.165) is 41.4 Å². The summed E-state index contributed by atoms with van der Waals surface area (Å²) in [5.41, 5.74) is 2.33. The minimum atomic E-state index is -0.946. The molecule has 0 atom stereocenters. The molecule has 2 N–H and O–H groups in total. The summed E-state index contributed by atoms with van der Waals surface area (Å²) in [6, 6.07) is 1.75. The summed E-state index contributed by atoms with van der Waals surface area (Å²) in [7, 11) is 0. The van der Waals surface area contributed by atoms with Gasteiger partial charge in [-0.3, -0.25) is 0 Å². The average Bonchev–Trinajstić information content (AvgIpc) is 2.35. The summed E-state index contributed by atoms with van der Waals surface area (Å²) >= 11 is 3.24. The topological polar surface area (TPSA) is 62.2 Å². The van der Waals surface area contributed by atoms with Gasteiger partial charge in [0.25, 0.3) is 0 Å². The Morgan fingerprint density at radius 1 is 1.50 bits per heavy atom. The number of carboxylic acid groups (broad SMARTS) is 1. The molecule has 2 rings (SSSR count). The SMILES string of the molecule is C=C(Br)CNc1nc2c(cc1C(=O)O)CCCC2. The zero-order valence-electron chi connectivity index (χ0n) is 10.0. The predicted octanol–water partition coefficient (Wildman–Crippen LogP) is 2.98. The molecule has 0 amide bonds. The number of pyridine rings is 1. The number of hydrogen-bond acceptors (Lipinski definition) is 3. The summed E-state index contributed by atoms with van der Waals surface area (Å²) < 4.78 is 0.762. The fourth-order valence-corrected chi connectivity index (χ4v) is 2.25. The fraction of sp³-hybridized carbons (Fsp3) is 0.385. The summed E-state index contributed by atoms with van der Waals surface area (Å²) in [5, 5.41) is 12.2. The molecule has 4 nitrogen and oxygen atoms in total. The number of carboxylic acids is 1. The van der Waals surface area contributed by atoms with Crippen molar-refractivity contribution in [1.29, 1.82) is 0 Å². The first-order valence-electron chi connectivity index (χ1n) is 5.91. The van der Waals surface area contributed by atoms with Crippen LogP contribution in [0.5, 0.6) is 0 Å². The van der Waals surface area contributed by atoms with Crippen molar-refractivity contribution in [3.8, 4) is 0 Å². The highest BCUT2D eigenvalue weighted by Crippen LogP contribution is 2.25. The summed E-state index contributed by atoms with van der Waals surface area (Å²) in [6.07, 6.45) is 4.09. The zero-order valence-corrected chi connectivity index (χ0v) is 11.6. The van der Waals surface area contributed by atoms with Crippen LogP contribution >= 0.6 is 15.9 Å². The van der Waals surface area contributed by atoms with E-state index in [2.05, 4.69) is 32.8 Å². The number of fused-ring (bicyclic) bond motifs is 1. The Morgan fingerprint density at radius 2 is 2.22 bits per heavy atom. The van der Waals surface area contributed by atoms with Gasteiger partial charge in [-0.2, -0.15) is 0 Å². The van der Waals surface area contributed by atoms with Crippen LogP contribution in [0.1, 0.15) is 34.5 Å². The molecule has 0 unspecified atom stereocenters. The highest BCUT2D eigenvalue weighted by Gasteiger charge is 2.18. The molecular weight excluding hydrogens is 296 g/mol. The third kappa shape index (κ3) is 2.90. The summed E-state index contributed by atoms with van der Waals surface area (Å²) in [5.74, 6) is -0.512. The van der Waals surface area contributed by atoms with Crippen LogP contribution in [-0.2, 0) is 12.8 Å². The lowest BCUT2D eigenvalue weighted by Crippen LogP contribution is -2.14. The molecule has 0 radical (unpaired) electrons. The molecule has 1 aromatic heterocycles. The third-order valence-corrected chi connectivity index (χ3v) is 3.26. The first-order valence-corrected chi connectivity index (χ1v) is 6.70. The van der Waals surface area contributed by atoms with Crippen molar-refractivity contribution < 1.29 is 9.90 Å². The largest absolute Gasteiger partial charge is 0.478 e. The second-order valence-electron chi connectivity index (χ2n) is 4.37. The number of nitrogens with one attached hydrogen (secondary N) is 1. The van der Waals surface area contributed by atoms with Gasteiger partial charge < -0.3 is 10.4 Å². The molecule has 0 aliphatic heterocycles. The number of nitrogens with zero attached hydrogens (tertiary/aromatic N) is 1. The monoisotopic (exact) mass is 310 g/mol. The van der Waals surface area contributed by atoms with Crippen molar-refractivity contribution in [2.45, 2.75) is 25.7 Å². The van der Waals surface area contributed by atoms with Gasteiger partial charge in [0.2, 0.25) is 0 Å². The standard InChI is InChI=1S/C13H15BrN2O2/c1-8(14)7-15-12-10(13(17)18)6-9-4-2-3-5-11(9)16-12/h6H,1-5,7H2,(H,15,16)(H,17,18). The second-order valence-corrected chi connectivity index (χ2v) is 5.49. The van der Waals surface area contributed by atoms with Gasteiger partial charge in [0.15, 0.2) is 0 Å². The van der Waals surface area contributed by atoms with Gasteiger partial charge in [-0.05, 0) is 37.3 Å². The molecule has 5 heteroatoms. The Hall–Kier alpha value is -1.36. The number of carbonyl (C=O) groups is 1. The van der Waals surface area contributed by atoms with Crippen LogP contribution in [0.25, 0.3) is 0 Å². The molecule has 18 heavy (non-hydrogen) atoms. The number of halogens is 1. The van der Waals surface area contributed by atoms with E-state index >= 15 is 0 Å². The van der Waals surface area contributed by atoms with Crippen molar-refractivity contribution in [3.05, 3.63) is 33.9 Å². The van der Waals surface area contributed by atoms with Crippen molar-refractivity contribution in [2.75, 3.05) is 11.9 Å².